The summed E-state index contributed by atoms with van der Waals surface area (Å²) in [5, 5.41) is 11.0. The van der Waals surface area contributed by atoms with E-state index in [4.69, 9.17) is 0 Å². The van der Waals surface area contributed by atoms with E-state index in [1.54, 1.807) is 0 Å². The molecule has 0 bridgehead atoms. The molecular formula is C22H36O. The standard InChI is InChI=1S/C22H36O/c1-14(2)17-13-19-16-9-8-15-7-5-6-11-21(15,3)18(16)10-12-22(19,4)20(17)23/h15-16,18-20,23H,5-13H2,1-4H3/t15?,16?,18?,19?,20?,21-,22-/m0/s1. The zero-order chi connectivity index (χ0) is 16.4. The molecule has 0 aromatic heterocycles. The Labute approximate surface area is 142 Å². The van der Waals surface area contributed by atoms with Crippen LogP contribution in [0.3, 0.4) is 0 Å². The lowest BCUT2D eigenvalue weighted by Gasteiger charge is -2.60. The third kappa shape index (κ3) is 2.14. The highest BCUT2D eigenvalue weighted by atomic mass is 16.3. The lowest BCUT2D eigenvalue weighted by Crippen LogP contribution is -2.53. The van der Waals surface area contributed by atoms with Crippen LogP contribution in [0.15, 0.2) is 11.1 Å². The molecule has 0 aliphatic heterocycles. The maximum Gasteiger partial charge on any atom is 0.0809 e. The SMILES string of the molecule is CC(C)=C1CC2C3CCC4CCCC[C@]4(C)C3CC[C@]2(C)C1O. The summed E-state index contributed by atoms with van der Waals surface area (Å²) in [5.74, 6) is 3.54. The third-order valence-electron chi connectivity index (χ3n) is 9.06. The second-order valence-corrected chi connectivity index (χ2v) is 10.1. The highest BCUT2D eigenvalue weighted by Crippen LogP contribution is 2.67. The van der Waals surface area contributed by atoms with Crippen molar-refractivity contribution in [1.29, 1.82) is 0 Å². The first-order valence-corrected chi connectivity index (χ1v) is 10.2. The first-order valence-electron chi connectivity index (χ1n) is 10.2. The molecule has 0 aromatic carbocycles. The van der Waals surface area contributed by atoms with Crippen molar-refractivity contribution in [2.75, 3.05) is 0 Å². The second-order valence-electron chi connectivity index (χ2n) is 10.1. The van der Waals surface area contributed by atoms with Crippen LogP contribution >= 0.6 is 0 Å². The first kappa shape index (κ1) is 16.2. The Hall–Kier alpha value is -0.300. The average molecular weight is 317 g/mol. The van der Waals surface area contributed by atoms with Crippen molar-refractivity contribution in [3.63, 3.8) is 0 Å². The molecule has 1 nitrogen and oxygen atoms in total. The largest absolute Gasteiger partial charge is 0.388 e. The minimum absolute atomic E-state index is 0.158. The molecule has 0 amide bonds. The Kier molecular flexibility index (Phi) is 3.76. The van der Waals surface area contributed by atoms with E-state index in [0.717, 1.165) is 23.7 Å². The zero-order valence-corrected chi connectivity index (χ0v) is 15.7. The van der Waals surface area contributed by atoms with Gasteiger partial charge in [-0.05, 0) is 93.5 Å². The fourth-order valence-corrected chi connectivity index (χ4v) is 7.59. The molecule has 23 heavy (non-hydrogen) atoms. The average Bonchev–Trinajstić information content (AvgIpc) is 2.79. The summed E-state index contributed by atoms with van der Waals surface area (Å²) < 4.78 is 0. The molecule has 0 radical (unpaired) electrons. The smallest absolute Gasteiger partial charge is 0.0809 e. The van der Waals surface area contributed by atoms with Crippen molar-refractivity contribution in [1.82, 2.24) is 0 Å². The highest BCUT2D eigenvalue weighted by Gasteiger charge is 2.60. The Morgan fingerprint density at radius 3 is 2.43 bits per heavy atom. The number of aliphatic hydroxyl groups excluding tert-OH is 1. The van der Waals surface area contributed by atoms with E-state index in [9.17, 15) is 5.11 Å². The van der Waals surface area contributed by atoms with Gasteiger partial charge in [-0.2, -0.15) is 0 Å². The van der Waals surface area contributed by atoms with Crippen LogP contribution in [0.2, 0.25) is 0 Å². The fourth-order valence-electron chi connectivity index (χ4n) is 7.59. The minimum atomic E-state index is -0.171. The summed E-state index contributed by atoms with van der Waals surface area (Å²) >= 11 is 0. The summed E-state index contributed by atoms with van der Waals surface area (Å²) in [6.07, 6.45) is 12.4. The number of hydrogen-bond acceptors (Lipinski definition) is 1. The summed E-state index contributed by atoms with van der Waals surface area (Å²) in [4.78, 5) is 0. The van der Waals surface area contributed by atoms with Gasteiger partial charge in [-0.1, -0.05) is 32.3 Å². The van der Waals surface area contributed by atoms with E-state index in [0.29, 0.717) is 5.41 Å². The molecule has 4 aliphatic rings. The predicted molar refractivity (Wildman–Crippen MR) is 96.1 cm³/mol. The van der Waals surface area contributed by atoms with Gasteiger partial charge in [-0.25, -0.2) is 0 Å². The van der Waals surface area contributed by atoms with Crippen LogP contribution in [0.1, 0.15) is 85.5 Å². The monoisotopic (exact) mass is 316 g/mol. The predicted octanol–water partition coefficient (Wildman–Crippen LogP) is 5.73. The normalized spacial score (nSPS) is 52.6. The molecule has 1 heteroatoms. The number of aliphatic hydroxyl groups is 1. The summed E-state index contributed by atoms with van der Waals surface area (Å²) in [6, 6.07) is 0. The molecular weight excluding hydrogens is 280 g/mol. The number of fused-ring (bicyclic) bond motifs is 5. The molecule has 7 atom stereocenters. The molecule has 4 rings (SSSR count). The van der Waals surface area contributed by atoms with Crippen LogP contribution in [0.4, 0.5) is 0 Å². The van der Waals surface area contributed by atoms with Crippen LogP contribution < -0.4 is 0 Å². The van der Waals surface area contributed by atoms with E-state index < -0.39 is 0 Å². The highest BCUT2D eigenvalue weighted by molar-refractivity contribution is 5.27. The van der Waals surface area contributed by atoms with Gasteiger partial charge in [0, 0.05) is 5.41 Å². The molecule has 4 aliphatic carbocycles. The topological polar surface area (TPSA) is 20.2 Å². The Morgan fingerprint density at radius 1 is 0.913 bits per heavy atom. The molecule has 4 fully saturated rings. The van der Waals surface area contributed by atoms with Gasteiger partial charge < -0.3 is 5.11 Å². The van der Waals surface area contributed by atoms with Crippen molar-refractivity contribution in [2.45, 2.75) is 91.6 Å². The van der Waals surface area contributed by atoms with E-state index in [-0.39, 0.29) is 11.5 Å². The van der Waals surface area contributed by atoms with Crippen LogP contribution in [-0.2, 0) is 0 Å². The van der Waals surface area contributed by atoms with Gasteiger partial charge in [0.25, 0.3) is 0 Å². The Bertz CT molecular complexity index is 516. The van der Waals surface area contributed by atoms with Gasteiger partial charge in [-0.15, -0.1) is 0 Å². The van der Waals surface area contributed by atoms with Crippen LogP contribution in [0.5, 0.6) is 0 Å². The van der Waals surface area contributed by atoms with Crippen molar-refractivity contribution >= 4 is 0 Å². The number of allylic oxidation sites excluding steroid dienone is 1. The van der Waals surface area contributed by atoms with E-state index >= 15 is 0 Å². The van der Waals surface area contributed by atoms with Gasteiger partial charge in [-0.3, -0.25) is 0 Å². The van der Waals surface area contributed by atoms with Crippen LogP contribution in [0.25, 0.3) is 0 Å². The van der Waals surface area contributed by atoms with Crippen LogP contribution in [-0.4, -0.2) is 11.2 Å². The summed E-state index contributed by atoms with van der Waals surface area (Å²) in [7, 11) is 0. The zero-order valence-electron chi connectivity index (χ0n) is 15.7. The van der Waals surface area contributed by atoms with E-state index in [2.05, 4.69) is 27.7 Å². The lowest BCUT2D eigenvalue weighted by molar-refractivity contribution is -0.119. The second kappa shape index (κ2) is 5.35. The fraction of sp³-hybridized carbons (Fsp3) is 0.909. The van der Waals surface area contributed by atoms with E-state index in [1.807, 2.05) is 0 Å². The maximum absolute atomic E-state index is 11.0. The molecule has 0 aromatic rings. The van der Waals surface area contributed by atoms with Crippen molar-refractivity contribution in [2.24, 2.45) is 34.5 Å². The summed E-state index contributed by atoms with van der Waals surface area (Å²) in [5.41, 5.74) is 3.53. The number of rotatable bonds is 0. The van der Waals surface area contributed by atoms with Crippen molar-refractivity contribution in [3.8, 4) is 0 Å². The molecule has 0 spiro atoms. The van der Waals surface area contributed by atoms with Crippen LogP contribution in [0, 0.1) is 34.5 Å². The molecule has 1 N–H and O–H groups in total. The van der Waals surface area contributed by atoms with Gasteiger partial charge in [0.05, 0.1) is 6.10 Å². The Balaban J connectivity index is 1.68. The molecule has 0 heterocycles. The maximum atomic E-state index is 11.0. The summed E-state index contributed by atoms with van der Waals surface area (Å²) in [6.45, 7) is 9.46. The molecule has 130 valence electrons. The lowest BCUT2D eigenvalue weighted by atomic mass is 9.45. The van der Waals surface area contributed by atoms with Gasteiger partial charge in [0.15, 0.2) is 0 Å². The molecule has 4 saturated carbocycles. The van der Waals surface area contributed by atoms with Crippen molar-refractivity contribution in [3.05, 3.63) is 11.1 Å². The quantitative estimate of drug-likeness (QED) is 0.566. The van der Waals surface area contributed by atoms with Crippen molar-refractivity contribution < 1.29 is 5.11 Å². The van der Waals surface area contributed by atoms with Gasteiger partial charge in [0.2, 0.25) is 0 Å². The first-order chi connectivity index (χ1) is 10.9. The molecule has 5 unspecified atom stereocenters. The van der Waals surface area contributed by atoms with Gasteiger partial charge >= 0.3 is 0 Å². The van der Waals surface area contributed by atoms with E-state index in [1.165, 1.54) is 68.9 Å². The van der Waals surface area contributed by atoms with Gasteiger partial charge in [0.1, 0.15) is 0 Å². The minimum Gasteiger partial charge on any atom is -0.388 e. The third-order valence-corrected chi connectivity index (χ3v) is 9.06. The number of hydrogen-bond donors (Lipinski definition) is 1. The molecule has 0 saturated heterocycles. The Morgan fingerprint density at radius 2 is 1.70 bits per heavy atom.